The zero-order chi connectivity index (χ0) is 23.4. The molecule has 0 heterocycles. The molecule has 31 heavy (non-hydrogen) atoms. The summed E-state index contributed by atoms with van der Waals surface area (Å²) >= 11 is -4.72. The van der Waals surface area contributed by atoms with E-state index in [4.69, 9.17) is 0 Å². The third-order valence-corrected chi connectivity index (χ3v) is 7.45. The van der Waals surface area contributed by atoms with Crippen LogP contribution in [0, 0.1) is 69.8 Å². The molecule has 3 aromatic carbocycles. The molecule has 0 radical (unpaired) electrons. The van der Waals surface area contributed by atoms with E-state index in [-0.39, 0.29) is 18.2 Å². The molecule has 0 aliphatic heterocycles. The van der Waals surface area contributed by atoms with E-state index in [2.05, 4.69) is 0 Å². The maximum atomic E-state index is 14.4. The van der Waals surface area contributed by atoms with Crippen molar-refractivity contribution < 1.29 is 52.7 Å². The number of hydrogen-bond donors (Lipinski definition) is 0. The second-order valence-corrected chi connectivity index (χ2v) is 8.83. The van der Waals surface area contributed by atoms with Crippen LogP contribution in [-0.4, -0.2) is 14.1 Å². The van der Waals surface area contributed by atoms with Gasteiger partial charge in [-0.15, -0.1) is 0 Å². The molecule has 3 aromatic rings. The van der Waals surface area contributed by atoms with E-state index in [1.165, 1.54) is 0 Å². The highest BCUT2D eigenvalue weighted by Crippen LogP contribution is 2.19. The maximum absolute atomic E-state index is 14.4. The SMILES string of the molecule is Fc1c[c]([Al]([c]2cc(F)c(F)c(F)c2F)[c]2cc(F)c(F)c(F)c2F)c(F)c(F)c1F. The third kappa shape index (κ3) is 3.66. The van der Waals surface area contributed by atoms with E-state index in [0.29, 0.717) is 0 Å². The van der Waals surface area contributed by atoms with Crippen LogP contribution in [0.2, 0.25) is 0 Å². The van der Waals surface area contributed by atoms with Crippen molar-refractivity contribution in [3.05, 3.63) is 88.0 Å². The fraction of sp³-hybridized carbons (Fsp3) is 0. The minimum Gasteiger partial charge on any atom is -0.205 e. The number of halogens is 12. The highest BCUT2D eigenvalue weighted by molar-refractivity contribution is 6.95. The first kappa shape index (κ1) is 23.0. The largest absolute Gasteiger partial charge is 0.398 e. The van der Waals surface area contributed by atoms with Gasteiger partial charge in [-0.1, -0.05) is 13.3 Å². The van der Waals surface area contributed by atoms with Crippen molar-refractivity contribution in [1.82, 2.24) is 0 Å². The van der Waals surface area contributed by atoms with Crippen LogP contribution in [0.5, 0.6) is 0 Å². The molecule has 0 bridgehead atoms. The molecule has 0 spiro atoms. The molecule has 0 amide bonds. The van der Waals surface area contributed by atoms with Gasteiger partial charge in [0.25, 0.3) is 0 Å². The van der Waals surface area contributed by atoms with Gasteiger partial charge in [0.1, 0.15) is 17.5 Å². The molecular weight excluding hydrogens is 471 g/mol. The van der Waals surface area contributed by atoms with Crippen LogP contribution in [0.15, 0.2) is 18.2 Å². The molecule has 0 aliphatic rings. The molecule has 0 atom stereocenters. The lowest BCUT2D eigenvalue weighted by atomic mass is 10.3. The van der Waals surface area contributed by atoms with Crippen molar-refractivity contribution in [3.63, 3.8) is 0 Å². The Labute approximate surface area is 168 Å². The van der Waals surface area contributed by atoms with Gasteiger partial charge in [-0.25, -0.2) is 52.7 Å². The fourth-order valence-corrected chi connectivity index (χ4v) is 5.99. The molecule has 0 saturated carbocycles. The second-order valence-electron chi connectivity index (χ2n) is 6.10. The van der Waals surface area contributed by atoms with Crippen molar-refractivity contribution >= 4 is 27.4 Å². The smallest absolute Gasteiger partial charge is 0.205 e. The van der Waals surface area contributed by atoms with Crippen molar-refractivity contribution in [3.8, 4) is 0 Å². The van der Waals surface area contributed by atoms with Crippen molar-refractivity contribution in [2.75, 3.05) is 0 Å². The van der Waals surface area contributed by atoms with Gasteiger partial charge >= 0.3 is 14.1 Å². The van der Waals surface area contributed by atoms with E-state index in [0.717, 1.165) is 0 Å². The Balaban J connectivity index is 2.50. The number of rotatable bonds is 3. The molecule has 0 saturated heterocycles. The Bertz CT molecular complexity index is 1070. The molecule has 162 valence electrons. The van der Waals surface area contributed by atoms with E-state index in [1.807, 2.05) is 0 Å². The summed E-state index contributed by atoms with van der Waals surface area (Å²) in [6.45, 7) is 0. The minimum absolute atomic E-state index is 0.151. The summed E-state index contributed by atoms with van der Waals surface area (Å²) in [4.78, 5) is 0. The van der Waals surface area contributed by atoms with Gasteiger partial charge in [0.05, 0.1) is 0 Å². The first-order valence-electron chi connectivity index (χ1n) is 7.87. The van der Waals surface area contributed by atoms with Gasteiger partial charge in [-0.3, -0.25) is 0 Å². The normalized spacial score (nSPS) is 11.2. The molecule has 0 nitrogen and oxygen atoms in total. The topological polar surface area (TPSA) is 0 Å². The molecule has 0 fully saturated rings. The van der Waals surface area contributed by atoms with Gasteiger partial charge in [0.15, 0.2) is 52.4 Å². The Morgan fingerprint density at radius 1 is 0.323 bits per heavy atom. The highest BCUT2D eigenvalue weighted by atomic mass is 27.2. The summed E-state index contributed by atoms with van der Waals surface area (Å²) in [6.07, 6.45) is 0. The van der Waals surface area contributed by atoms with Gasteiger partial charge in [0.2, 0.25) is 0 Å². The monoisotopic (exact) mass is 474 g/mol. The standard InChI is InChI=1S/3C6HF4.Al/c3*7-3-1-2-4(8)6(10)5(3)9;/h3*1H;. The predicted molar refractivity (Wildman–Crippen MR) is 83.5 cm³/mol. The van der Waals surface area contributed by atoms with Gasteiger partial charge in [0, 0.05) is 0 Å². The summed E-state index contributed by atoms with van der Waals surface area (Å²) in [5, 5.41) is 0. The minimum atomic E-state index is -4.72. The third-order valence-electron chi connectivity index (χ3n) is 4.33. The van der Waals surface area contributed by atoms with E-state index < -0.39 is 97.2 Å². The molecule has 13 heteroatoms. The average molecular weight is 474 g/mol. The fourth-order valence-electron chi connectivity index (χ4n) is 2.91. The highest BCUT2D eigenvalue weighted by Gasteiger charge is 2.39. The van der Waals surface area contributed by atoms with E-state index in [1.54, 1.807) is 0 Å². The average Bonchev–Trinajstić information content (AvgIpc) is 2.74. The molecule has 0 aromatic heterocycles. The lowest BCUT2D eigenvalue weighted by Crippen LogP contribution is -2.57. The summed E-state index contributed by atoms with van der Waals surface area (Å²) in [5.74, 6) is -27.9. The molecule has 0 N–H and O–H groups in total. The Morgan fingerprint density at radius 3 is 0.774 bits per heavy atom. The molecular formula is C18H3AlF12. The van der Waals surface area contributed by atoms with Gasteiger partial charge in [-0.05, 0) is 18.2 Å². The van der Waals surface area contributed by atoms with Crippen molar-refractivity contribution in [2.24, 2.45) is 0 Å². The number of benzene rings is 3. The predicted octanol–water partition coefficient (Wildman–Crippen LogP) is 3.87. The van der Waals surface area contributed by atoms with Crippen LogP contribution >= 0.6 is 0 Å². The molecule has 0 aliphatic carbocycles. The van der Waals surface area contributed by atoms with Crippen LogP contribution in [0.25, 0.3) is 0 Å². The summed E-state index contributed by atoms with van der Waals surface area (Å²) in [6, 6.07) is -0.453. The van der Waals surface area contributed by atoms with E-state index >= 15 is 0 Å². The van der Waals surface area contributed by atoms with Crippen LogP contribution in [0.4, 0.5) is 52.7 Å². The first-order chi connectivity index (χ1) is 14.4. The Hall–Kier alpha value is -2.65. The molecule has 3 rings (SSSR count). The number of hydrogen-bond acceptors (Lipinski definition) is 0. The second kappa shape index (κ2) is 8.12. The maximum Gasteiger partial charge on any atom is 0.398 e. The van der Waals surface area contributed by atoms with E-state index in [9.17, 15) is 52.7 Å². The summed E-state index contributed by atoms with van der Waals surface area (Å²) in [7, 11) is 0. The lowest BCUT2D eigenvalue weighted by molar-refractivity contribution is 0.410. The van der Waals surface area contributed by atoms with Crippen LogP contribution in [0.1, 0.15) is 0 Å². The van der Waals surface area contributed by atoms with Gasteiger partial charge in [-0.2, -0.15) is 0 Å². The van der Waals surface area contributed by atoms with Crippen LogP contribution in [0.3, 0.4) is 0 Å². The first-order valence-corrected chi connectivity index (χ1v) is 9.60. The zero-order valence-electron chi connectivity index (χ0n) is 14.3. The zero-order valence-corrected chi connectivity index (χ0v) is 15.5. The van der Waals surface area contributed by atoms with Gasteiger partial charge < -0.3 is 0 Å². The van der Waals surface area contributed by atoms with Crippen LogP contribution < -0.4 is 13.3 Å². The van der Waals surface area contributed by atoms with Crippen molar-refractivity contribution in [1.29, 1.82) is 0 Å². The Kier molecular flexibility index (Phi) is 6.03. The quantitative estimate of drug-likeness (QED) is 0.234. The van der Waals surface area contributed by atoms with Crippen LogP contribution in [-0.2, 0) is 0 Å². The van der Waals surface area contributed by atoms with Crippen molar-refractivity contribution in [2.45, 2.75) is 0 Å². The lowest BCUT2D eigenvalue weighted by Gasteiger charge is -2.18. The Morgan fingerprint density at radius 2 is 0.548 bits per heavy atom. The summed E-state index contributed by atoms with van der Waals surface area (Å²) in [5.41, 5.74) is 0. The summed E-state index contributed by atoms with van der Waals surface area (Å²) < 4.78 is 161. The molecule has 0 unspecified atom stereocenters.